The normalized spacial score (nSPS) is 12.4. The Bertz CT molecular complexity index is 1470. The number of Topliss-reactive ketones (excluding diaryl/α,β-unsaturated/α-hetero) is 1. The van der Waals surface area contributed by atoms with E-state index >= 15 is 0 Å². The lowest BCUT2D eigenvalue weighted by molar-refractivity contribution is -0.121. The Balaban J connectivity index is 1.26. The molecule has 4 aromatic rings. The SMILES string of the molecule is O=C(COc1ccccc1)c1ccc2c(c1)N(Cc1ccc(C(=O)NCc3ccc(F)cc3)o1)C(=O)CO2. The molecule has 0 saturated heterocycles. The number of fused-ring (bicyclic) bond motifs is 1. The maximum Gasteiger partial charge on any atom is 0.287 e. The summed E-state index contributed by atoms with van der Waals surface area (Å²) >= 11 is 0. The number of carbonyl (C=O) groups is 3. The Kier molecular flexibility index (Phi) is 7.17. The molecule has 3 aromatic carbocycles. The lowest BCUT2D eigenvalue weighted by Gasteiger charge is -2.29. The second-order valence-corrected chi connectivity index (χ2v) is 8.55. The van der Waals surface area contributed by atoms with Crippen LogP contribution in [-0.2, 0) is 17.9 Å². The number of ether oxygens (including phenoxy) is 2. The number of hydrogen-bond acceptors (Lipinski definition) is 6. The topological polar surface area (TPSA) is 98.1 Å². The molecule has 0 aliphatic carbocycles. The zero-order chi connectivity index (χ0) is 26.5. The van der Waals surface area contributed by atoms with Crippen molar-refractivity contribution in [2.45, 2.75) is 13.1 Å². The molecule has 1 N–H and O–H groups in total. The number of hydrogen-bond donors (Lipinski definition) is 1. The van der Waals surface area contributed by atoms with E-state index in [-0.39, 0.29) is 49.6 Å². The molecule has 1 aliphatic rings. The molecule has 8 nitrogen and oxygen atoms in total. The molecule has 5 rings (SSSR count). The van der Waals surface area contributed by atoms with Crippen LogP contribution in [0.15, 0.2) is 89.3 Å². The van der Waals surface area contributed by atoms with Gasteiger partial charge in [0, 0.05) is 12.1 Å². The molecule has 0 spiro atoms. The van der Waals surface area contributed by atoms with Crippen molar-refractivity contribution in [1.29, 1.82) is 0 Å². The molecule has 2 amide bonds. The lowest BCUT2D eigenvalue weighted by Crippen LogP contribution is -2.38. The fourth-order valence-corrected chi connectivity index (χ4v) is 3.91. The molecule has 0 radical (unpaired) electrons. The van der Waals surface area contributed by atoms with E-state index in [1.54, 1.807) is 48.5 Å². The average Bonchev–Trinajstić information content (AvgIpc) is 3.42. The summed E-state index contributed by atoms with van der Waals surface area (Å²) in [6.07, 6.45) is 0. The standard InChI is InChI=1S/C29H23FN2O6/c30-21-9-6-19(7-10-21)15-31-29(35)27-13-11-23(38-27)16-32-24-14-20(8-12-26(24)37-18-28(32)34)25(33)17-36-22-4-2-1-3-5-22/h1-14H,15-18H2,(H,31,35). The number of carbonyl (C=O) groups excluding carboxylic acids is 3. The van der Waals surface area contributed by atoms with Gasteiger partial charge in [-0.05, 0) is 60.2 Å². The molecular formula is C29H23FN2O6. The van der Waals surface area contributed by atoms with Crippen LogP contribution < -0.4 is 19.7 Å². The fourth-order valence-electron chi connectivity index (χ4n) is 3.91. The van der Waals surface area contributed by atoms with Gasteiger partial charge in [0.05, 0.1) is 12.2 Å². The van der Waals surface area contributed by atoms with E-state index < -0.39 is 5.91 Å². The van der Waals surface area contributed by atoms with E-state index in [1.165, 1.54) is 23.1 Å². The minimum Gasteiger partial charge on any atom is -0.485 e. The van der Waals surface area contributed by atoms with Gasteiger partial charge in [-0.15, -0.1) is 0 Å². The number of nitrogens with zero attached hydrogens (tertiary/aromatic N) is 1. The highest BCUT2D eigenvalue weighted by Crippen LogP contribution is 2.34. The summed E-state index contributed by atoms with van der Waals surface area (Å²) in [5.74, 6) is 0.108. The lowest BCUT2D eigenvalue weighted by atomic mass is 10.1. The number of rotatable bonds is 9. The zero-order valence-electron chi connectivity index (χ0n) is 20.2. The second-order valence-electron chi connectivity index (χ2n) is 8.55. The highest BCUT2D eigenvalue weighted by molar-refractivity contribution is 6.02. The van der Waals surface area contributed by atoms with Crippen LogP contribution in [0.5, 0.6) is 11.5 Å². The summed E-state index contributed by atoms with van der Waals surface area (Å²) in [6, 6.07) is 22.8. The third kappa shape index (κ3) is 5.73. The van der Waals surface area contributed by atoms with Crippen molar-refractivity contribution in [1.82, 2.24) is 5.32 Å². The number of anilines is 1. The van der Waals surface area contributed by atoms with Gasteiger partial charge in [0.2, 0.25) is 0 Å². The van der Waals surface area contributed by atoms with Crippen LogP contribution in [0, 0.1) is 5.82 Å². The fraction of sp³-hybridized carbons (Fsp3) is 0.138. The predicted molar refractivity (Wildman–Crippen MR) is 136 cm³/mol. The average molecular weight is 515 g/mol. The van der Waals surface area contributed by atoms with E-state index in [1.807, 2.05) is 18.2 Å². The summed E-state index contributed by atoms with van der Waals surface area (Å²) in [4.78, 5) is 39.4. The highest BCUT2D eigenvalue weighted by Gasteiger charge is 2.28. The van der Waals surface area contributed by atoms with E-state index in [9.17, 15) is 18.8 Å². The molecular weight excluding hydrogens is 491 g/mol. The molecule has 0 saturated carbocycles. The first-order valence-corrected chi connectivity index (χ1v) is 11.9. The van der Waals surface area contributed by atoms with E-state index in [4.69, 9.17) is 13.9 Å². The van der Waals surface area contributed by atoms with Gasteiger partial charge in [0.15, 0.2) is 24.8 Å². The number of nitrogens with one attached hydrogen (secondary N) is 1. The van der Waals surface area contributed by atoms with E-state index in [0.29, 0.717) is 28.5 Å². The Morgan fingerprint density at radius 1 is 0.974 bits per heavy atom. The van der Waals surface area contributed by atoms with Crippen molar-refractivity contribution in [2.75, 3.05) is 18.1 Å². The molecule has 0 atom stereocenters. The first-order chi connectivity index (χ1) is 18.5. The molecule has 2 heterocycles. The van der Waals surface area contributed by atoms with Gasteiger partial charge in [-0.25, -0.2) is 4.39 Å². The van der Waals surface area contributed by atoms with Crippen LogP contribution in [0.25, 0.3) is 0 Å². The summed E-state index contributed by atoms with van der Waals surface area (Å²) in [5, 5.41) is 2.71. The molecule has 1 aliphatic heterocycles. The van der Waals surface area contributed by atoms with Crippen LogP contribution in [0.1, 0.15) is 32.2 Å². The number of ketones is 1. The maximum absolute atomic E-state index is 13.1. The summed E-state index contributed by atoms with van der Waals surface area (Å²) in [5.41, 5.74) is 1.52. The number of benzene rings is 3. The van der Waals surface area contributed by atoms with Crippen molar-refractivity contribution in [3.05, 3.63) is 113 Å². The third-order valence-electron chi connectivity index (χ3n) is 5.90. The van der Waals surface area contributed by atoms with Crippen LogP contribution in [0.4, 0.5) is 10.1 Å². The van der Waals surface area contributed by atoms with Crippen LogP contribution in [-0.4, -0.2) is 30.8 Å². The molecule has 0 fully saturated rings. The molecule has 9 heteroatoms. The van der Waals surface area contributed by atoms with E-state index in [2.05, 4.69) is 5.32 Å². The number of halogens is 1. The van der Waals surface area contributed by atoms with Crippen LogP contribution >= 0.6 is 0 Å². The van der Waals surface area contributed by atoms with Crippen molar-refractivity contribution < 1.29 is 32.7 Å². The van der Waals surface area contributed by atoms with Gasteiger partial charge in [-0.3, -0.25) is 19.3 Å². The Labute approximate surface area is 217 Å². The van der Waals surface area contributed by atoms with E-state index in [0.717, 1.165) is 5.56 Å². The van der Waals surface area contributed by atoms with Crippen LogP contribution in [0.2, 0.25) is 0 Å². The van der Waals surface area contributed by atoms with Gasteiger partial charge >= 0.3 is 0 Å². The molecule has 38 heavy (non-hydrogen) atoms. The summed E-state index contributed by atoms with van der Waals surface area (Å²) in [7, 11) is 0. The predicted octanol–water partition coefficient (Wildman–Crippen LogP) is 4.54. The summed E-state index contributed by atoms with van der Waals surface area (Å²) < 4.78 is 29.9. The van der Waals surface area contributed by atoms with Gasteiger partial charge in [0.25, 0.3) is 11.8 Å². The number of furan rings is 1. The monoisotopic (exact) mass is 514 g/mol. The third-order valence-corrected chi connectivity index (χ3v) is 5.90. The van der Waals surface area contributed by atoms with Gasteiger partial charge in [-0.1, -0.05) is 30.3 Å². The minimum atomic E-state index is -0.444. The van der Waals surface area contributed by atoms with Crippen molar-refractivity contribution in [3.8, 4) is 11.5 Å². The molecule has 192 valence electrons. The highest BCUT2D eigenvalue weighted by atomic mass is 19.1. The second kappa shape index (κ2) is 11.0. The Morgan fingerprint density at radius 2 is 1.76 bits per heavy atom. The Hall–Kier alpha value is -4.92. The zero-order valence-corrected chi connectivity index (χ0v) is 20.2. The van der Waals surface area contributed by atoms with Crippen LogP contribution in [0.3, 0.4) is 0 Å². The minimum absolute atomic E-state index is 0.0403. The number of amides is 2. The smallest absolute Gasteiger partial charge is 0.287 e. The largest absolute Gasteiger partial charge is 0.485 e. The first kappa shape index (κ1) is 24.8. The number of para-hydroxylation sites is 1. The quantitative estimate of drug-likeness (QED) is 0.330. The first-order valence-electron chi connectivity index (χ1n) is 11.9. The maximum atomic E-state index is 13.1. The summed E-state index contributed by atoms with van der Waals surface area (Å²) in [6.45, 7) is -0.0802. The Morgan fingerprint density at radius 3 is 2.55 bits per heavy atom. The van der Waals surface area contributed by atoms with Crippen molar-refractivity contribution in [3.63, 3.8) is 0 Å². The van der Waals surface area contributed by atoms with Crippen molar-refractivity contribution >= 4 is 23.3 Å². The molecule has 0 unspecified atom stereocenters. The molecule has 0 bridgehead atoms. The van der Waals surface area contributed by atoms with Crippen molar-refractivity contribution in [2.24, 2.45) is 0 Å². The van der Waals surface area contributed by atoms with Gasteiger partial charge in [0.1, 0.15) is 23.1 Å². The van der Waals surface area contributed by atoms with Gasteiger partial charge < -0.3 is 19.2 Å². The van der Waals surface area contributed by atoms with Gasteiger partial charge in [-0.2, -0.15) is 0 Å². The molecule has 1 aromatic heterocycles.